The van der Waals surface area contributed by atoms with Crippen LogP contribution in [0.3, 0.4) is 0 Å². The number of aliphatic hydroxyl groups is 1. The first kappa shape index (κ1) is 13.9. The molecule has 0 aliphatic carbocycles. The van der Waals surface area contributed by atoms with E-state index in [9.17, 15) is 9.90 Å². The van der Waals surface area contributed by atoms with Crippen molar-refractivity contribution in [3.8, 4) is 0 Å². The lowest BCUT2D eigenvalue weighted by Crippen LogP contribution is -2.21. The second kappa shape index (κ2) is 5.71. The molecule has 1 aliphatic heterocycles. The minimum absolute atomic E-state index is 0.0654. The summed E-state index contributed by atoms with van der Waals surface area (Å²) >= 11 is 0. The number of carbonyl (C=O) groups excluding carboxylic acids is 1. The van der Waals surface area contributed by atoms with E-state index in [0.29, 0.717) is 6.61 Å². The molecule has 1 aromatic heterocycles. The first-order valence-corrected chi connectivity index (χ1v) is 6.76. The average molecular weight is 288 g/mol. The molecule has 2 aromatic rings. The van der Waals surface area contributed by atoms with E-state index in [0.717, 1.165) is 17.5 Å². The highest BCUT2D eigenvalue weighted by Gasteiger charge is 2.31. The number of aliphatic hydroxyl groups excluding tert-OH is 1. The van der Waals surface area contributed by atoms with Crippen LogP contribution < -0.4 is 0 Å². The van der Waals surface area contributed by atoms with Gasteiger partial charge in [0.1, 0.15) is 18.0 Å². The van der Waals surface area contributed by atoms with E-state index in [1.165, 1.54) is 13.2 Å². The Morgan fingerprint density at radius 2 is 2.14 bits per heavy atom. The number of carbonyl (C=O) groups is 1. The lowest BCUT2D eigenvalue weighted by Gasteiger charge is -2.28. The topological polar surface area (TPSA) is 68.9 Å². The summed E-state index contributed by atoms with van der Waals surface area (Å²) in [7, 11) is 1.28. The Bertz CT molecular complexity index is 646. The lowest BCUT2D eigenvalue weighted by molar-refractivity contribution is -0.0566. The van der Waals surface area contributed by atoms with E-state index < -0.39 is 18.2 Å². The highest BCUT2D eigenvalue weighted by atomic mass is 16.5. The molecule has 0 saturated heterocycles. The van der Waals surface area contributed by atoms with Crippen molar-refractivity contribution in [1.29, 1.82) is 0 Å². The maximum Gasteiger partial charge on any atom is 0.373 e. The maximum absolute atomic E-state index is 11.4. The molecule has 0 bridgehead atoms. The average Bonchev–Trinajstić information content (AvgIpc) is 3.03. The number of hydrogen-bond donors (Lipinski definition) is 1. The Labute approximate surface area is 122 Å². The summed E-state index contributed by atoms with van der Waals surface area (Å²) in [6, 6.07) is 10.9. The number of esters is 1. The van der Waals surface area contributed by atoms with E-state index >= 15 is 0 Å². The molecule has 0 amide bonds. The van der Waals surface area contributed by atoms with Gasteiger partial charge in [0.25, 0.3) is 0 Å². The van der Waals surface area contributed by atoms with Crippen molar-refractivity contribution in [3.05, 3.63) is 59.0 Å². The highest BCUT2D eigenvalue weighted by molar-refractivity contribution is 5.86. The summed E-state index contributed by atoms with van der Waals surface area (Å²) in [5.41, 5.74) is 2.11. The number of furan rings is 1. The van der Waals surface area contributed by atoms with Gasteiger partial charge in [-0.05, 0) is 29.7 Å². The zero-order valence-corrected chi connectivity index (χ0v) is 11.6. The van der Waals surface area contributed by atoms with Gasteiger partial charge >= 0.3 is 5.97 Å². The standard InChI is InChI=1S/C16H16O5/c1-19-16(18)13-7-6-12(21-13)14(17)15-11-5-3-2-4-10(11)8-9-20-15/h2-7,14-15,17H,8-9H2,1H3. The fourth-order valence-corrected chi connectivity index (χ4v) is 2.56. The molecule has 0 saturated carbocycles. The zero-order chi connectivity index (χ0) is 14.8. The molecule has 0 radical (unpaired) electrons. The fourth-order valence-electron chi connectivity index (χ4n) is 2.56. The van der Waals surface area contributed by atoms with Gasteiger partial charge in [-0.25, -0.2) is 4.79 Å². The Kier molecular flexibility index (Phi) is 3.77. The third kappa shape index (κ3) is 2.57. The van der Waals surface area contributed by atoms with E-state index in [1.807, 2.05) is 24.3 Å². The maximum atomic E-state index is 11.4. The molecule has 5 nitrogen and oxygen atoms in total. The predicted octanol–water partition coefficient (Wildman–Crippen LogP) is 2.41. The summed E-state index contributed by atoms with van der Waals surface area (Å²) in [6.07, 6.45) is -0.637. The summed E-state index contributed by atoms with van der Waals surface area (Å²) in [5, 5.41) is 10.5. The number of hydrogen-bond acceptors (Lipinski definition) is 5. The number of benzene rings is 1. The van der Waals surface area contributed by atoms with Crippen LogP contribution in [0.4, 0.5) is 0 Å². The third-order valence-corrected chi connectivity index (χ3v) is 3.62. The number of methoxy groups -OCH3 is 1. The van der Waals surface area contributed by atoms with Gasteiger partial charge in [0, 0.05) is 0 Å². The van der Waals surface area contributed by atoms with E-state index in [1.54, 1.807) is 6.07 Å². The van der Waals surface area contributed by atoms with Crippen molar-refractivity contribution in [3.63, 3.8) is 0 Å². The Balaban J connectivity index is 1.87. The van der Waals surface area contributed by atoms with E-state index in [-0.39, 0.29) is 11.5 Å². The minimum atomic E-state index is -0.968. The van der Waals surface area contributed by atoms with E-state index in [2.05, 4.69) is 4.74 Å². The molecule has 3 rings (SSSR count). The molecule has 5 heteroatoms. The van der Waals surface area contributed by atoms with Gasteiger partial charge in [-0.3, -0.25) is 0 Å². The molecule has 2 heterocycles. The molecule has 2 unspecified atom stereocenters. The number of rotatable bonds is 3. The van der Waals surface area contributed by atoms with Crippen molar-refractivity contribution in [2.75, 3.05) is 13.7 Å². The van der Waals surface area contributed by atoms with Gasteiger partial charge in [0.2, 0.25) is 5.76 Å². The molecule has 0 spiro atoms. The normalized spacial score (nSPS) is 18.9. The van der Waals surface area contributed by atoms with Crippen LogP contribution in [0.2, 0.25) is 0 Å². The van der Waals surface area contributed by atoms with Crippen LogP contribution in [-0.2, 0) is 15.9 Å². The molecule has 1 aromatic carbocycles. The quantitative estimate of drug-likeness (QED) is 0.878. The van der Waals surface area contributed by atoms with Gasteiger partial charge in [0.05, 0.1) is 13.7 Å². The van der Waals surface area contributed by atoms with Crippen molar-refractivity contribution < 1.29 is 23.8 Å². The van der Waals surface area contributed by atoms with Gasteiger partial charge < -0.3 is 19.0 Å². The van der Waals surface area contributed by atoms with Crippen LogP contribution in [0.15, 0.2) is 40.8 Å². The van der Waals surface area contributed by atoms with E-state index in [4.69, 9.17) is 9.15 Å². The van der Waals surface area contributed by atoms with Crippen LogP contribution in [0.1, 0.15) is 39.6 Å². The van der Waals surface area contributed by atoms with Gasteiger partial charge in [0.15, 0.2) is 0 Å². The first-order chi connectivity index (χ1) is 10.2. The number of ether oxygens (including phenoxy) is 2. The molecular formula is C16H16O5. The van der Waals surface area contributed by atoms with Crippen molar-refractivity contribution in [1.82, 2.24) is 0 Å². The number of fused-ring (bicyclic) bond motifs is 1. The van der Waals surface area contributed by atoms with Crippen LogP contribution in [0, 0.1) is 0 Å². The SMILES string of the molecule is COC(=O)c1ccc(C(O)C2OCCc3ccccc32)o1. The monoisotopic (exact) mass is 288 g/mol. The molecule has 21 heavy (non-hydrogen) atoms. The lowest BCUT2D eigenvalue weighted by atomic mass is 9.93. The Hall–Kier alpha value is -2.11. The first-order valence-electron chi connectivity index (χ1n) is 6.76. The highest BCUT2D eigenvalue weighted by Crippen LogP contribution is 2.37. The fraction of sp³-hybridized carbons (Fsp3) is 0.312. The van der Waals surface area contributed by atoms with Crippen molar-refractivity contribution >= 4 is 5.97 Å². The largest absolute Gasteiger partial charge is 0.463 e. The summed E-state index contributed by atoms with van der Waals surface area (Å²) in [5.74, 6) is -0.217. The second-order valence-electron chi connectivity index (χ2n) is 4.88. The molecule has 2 atom stereocenters. The Morgan fingerprint density at radius 1 is 1.33 bits per heavy atom. The molecular weight excluding hydrogens is 272 g/mol. The van der Waals surface area contributed by atoms with Gasteiger partial charge in [-0.1, -0.05) is 24.3 Å². The Morgan fingerprint density at radius 3 is 2.95 bits per heavy atom. The summed E-state index contributed by atoms with van der Waals surface area (Å²) in [4.78, 5) is 11.4. The van der Waals surface area contributed by atoms with Gasteiger partial charge in [-0.15, -0.1) is 0 Å². The summed E-state index contributed by atoms with van der Waals surface area (Å²) < 4.78 is 15.6. The van der Waals surface area contributed by atoms with Crippen molar-refractivity contribution in [2.24, 2.45) is 0 Å². The minimum Gasteiger partial charge on any atom is -0.463 e. The van der Waals surface area contributed by atoms with Crippen molar-refractivity contribution in [2.45, 2.75) is 18.6 Å². The smallest absolute Gasteiger partial charge is 0.373 e. The van der Waals surface area contributed by atoms with Crippen LogP contribution in [0.25, 0.3) is 0 Å². The van der Waals surface area contributed by atoms with Gasteiger partial charge in [-0.2, -0.15) is 0 Å². The van der Waals surface area contributed by atoms with Crippen LogP contribution in [-0.4, -0.2) is 24.8 Å². The molecule has 110 valence electrons. The summed E-state index contributed by atoms with van der Waals surface area (Å²) in [6.45, 7) is 0.545. The zero-order valence-electron chi connectivity index (χ0n) is 11.6. The molecule has 1 aliphatic rings. The molecule has 0 fully saturated rings. The third-order valence-electron chi connectivity index (χ3n) is 3.62. The van der Waals surface area contributed by atoms with Crippen LogP contribution >= 0.6 is 0 Å². The second-order valence-corrected chi connectivity index (χ2v) is 4.88. The predicted molar refractivity (Wildman–Crippen MR) is 73.8 cm³/mol. The van der Waals surface area contributed by atoms with Crippen LogP contribution in [0.5, 0.6) is 0 Å². The molecule has 1 N–H and O–H groups in total.